The minimum Gasteiger partial charge on any atom is -0.378 e. The highest BCUT2D eigenvalue weighted by Crippen LogP contribution is 2.35. The van der Waals surface area contributed by atoms with Crippen LogP contribution in [0.25, 0.3) is 0 Å². The molecule has 1 aliphatic carbocycles. The summed E-state index contributed by atoms with van der Waals surface area (Å²) in [6, 6.07) is 0. The predicted octanol–water partition coefficient (Wildman–Crippen LogP) is 1.97. The monoisotopic (exact) mass is 126 g/mol. The van der Waals surface area contributed by atoms with E-state index >= 15 is 0 Å². The normalized spacial score (nSPS) is 42.7. The van der Waals surface area contributed by atoms with Crippen LogP contribution in [0.5, 0.6) is 0 Å². The van der Waals surface area contributed by atoms with E-state index in [-0.39, 0.29) is 0 Å². The molecule has 0 atom stereocenters. The maximum absolute atomic E-state index is 5.55. The molecule has 0 N–H and O–H groups in total. The highest BCUT2D eigenvalue weighted by atomic mass is 16.5. The Balaban J connectivity index is 1.85. The minimum atomic E-state index is 0.662. The van der Waals surface area contributed by atoms with Gasteiger partial charge in [0.05, 0.1) is 6.10 Å². The second kappa shape index (κ2) is 2.30. The first-order chi connectivity index (χ1) is 4.45. The van der Waals surface area contributed by atoms with Crippen LogP contribution in [0.4, 0.5) is 0 Å². The van der Waals surface area contributed by atoms with E-state index in [0.29, 0.717) is 6.10 Å². The van der Waals surface area contributed by atoms with Crippen molar-refractivity contribution in [3.05, 3.63) is 0 Å². The molecule has 9 heavy (non-hydrogen) atoms. The summed E-state index contributed by atoms with van der Waals surface area (Å²) in [7, 11) is 0. The molecule has 2 heterocycles. The minimum absolute atomic E-state index is 0.662. The van der Waals surface area contributed by atoms with E-state index in [4.69, 9.17) is 4.74 Å². The molecule has 0 aromatic carbocycles. The molecule has 3 rings (SSSR count). The predicted molar refractivity (Wildman–Crippen MR) is 36.3 cm³/mol. The Morgan fingerprint density at radius 3 is 2.89 bits per heavy atom. The van der Waals surface area contributed by atoms with Crippen molar-refractivity contribution in [3.63, 3.8) is 0 Å². The molecule has 0 aromatic heterocycles. The fraction of sp³-hybridized carbons (Fsp3) is 1.00. The van der Waals surface area contributed by atoms with Crippen molar-refractivity contribution in [2.24, 2.45) is 5.92 Å². The molecule has 0 radical (unpaired) electrons. The molecule has 3 fully saturated rings. The van der Waals surface area contributed by atoms with Crippen molar-refractivity contribution < 1.29 is 4.74 Å². The lowest BCUT2D eigenvalue weighted by Gasteiger charge is -2.37. The average molecular weight is 126 g/mol. The third-order valence-electron chi connectivity index (χ3n) is 2.55. The SMILES string of the molecule is C1CCC2CC(C2)OC1. The smallest absolute Gasteiger partial charge is 0.0580 e. The third-order valence-corrected chi connectivity index (χ3v) is 2.55. The van der Waals surface area contributed by atoms with Gasteiger partial charge in [-0.2, -0.15) is 0 Å². The van der Waals surface area contributed by atoms with Gasteiger partial charge in [0.2, 0.25) is 0 Å². The number of ether oxygens (including phenoxy) is 1. The van der Waals surface area contributed by atoms with Gasteiger partial charge in [-0.15, -0.1) is 0 Å². The van der Waals surface area contributed by atoms with Crippen LogP contribution in [0.15, 0.2) is 0 Å². The molecule has 0 aromatic rings. The van der Waals surface area contributed by atoms with Crippen molar-refractivity contribution in [2.45, 2.75) is 38.2 Å². The first kappa shape index (κ1) is 5.72. The lowest BCUT2D eigenvalue weighted by molar-refractivity contribution is -0.0481. The molecule has 2 bridgehead atoms. The van der Waals surface area contributed by atoms with Crippen LogP contribution in [-0.2, 0) is 4.74 Å². The van der Waals surface area contributed by atoms with E-state index in [0.717, 1.165) is 12.5 Å². The van der Waals surface area contributed by atoms with Crippen molar-refractivity contribution >= 4 is 0 Å². The first-order valence-corrected chi connectivity index (χ1v) is 4.07. The zero-order valence-corrected chi connectivity index (χ0v) is 5.81. The van der Waals surface area contributed by atoms with Crippen LogP contribution < -0.4 is 0 Å². The standard InChI is InChI=1S/C8H14O/c1-2-4-9-8-5-7(3-1)6-8/h7-8H,1-6H2. The maximum Gasteiger partial charge on any atom is 0.0580 e. The largest absolute Gasteiger partial charge is 0.378 e. The number of hydrogen-bond donors (Lipinski definition) is 0. The maximum atomic E-state index is 5.55. The van der Waals surface area contributed by atoms with Gasteiger partial charge in [0.25, 0.3) is 0 Å². The van der Waals surface area contributed by atoms with Crippen molar-refractivity contribution in [3.8, 4) is 0 Å². The number of rotatable bonds is 0. The highest BCUT2D eigenvalue weighted by molar-refractivity contribution is 4.81. The summed E-state index contributed by atoms with van der Waals surface area (Å²) in [6.45, 7) is 1.03. The molecule has 0 unspecified atom stereocenters. The van der Waals surface area contributed by atoms with E-state index < -0.39 is 0 Å². The van der Waals surface area contributed by atoms with Gasteiger partial charge in [-0.25, -0.2) is 0 Å². The number of hydrogen-bond acceptors (Lipinski definition) is 1. The summed E-state index contributed by atoms with van der Waals surface area (Å²) in [5, 5.41) is 0. The zero-order chi connectivity index (χ0) is 6.10. The summed E-state index contributed by atoms with van der Waals surface area (Å²) < 4.78 is 5.55. The van der Waals surface area contributed by atoms with Crippen LogP contribution in [-0.4, -0.2) is 12.7 Å². The molecule has 0 spiro atoms. The van der Waals surface area contributed by atoms with Gasteiger partial charge >= 0.3 is 0 Å². The van der Waals surface area contributed by atoms with E-state index in [1.807, 2.05) is 0 Å². The van der Waals surface area contributed by atoms with E-state index in [1.165, 1.54) is 32.1 Å². The second-order valence-electron chi connectivity index (χ2n) is 3.33. The molecule has 2 saturated heterocycles. The van der Waals surface area contributed by atoms with Crippen molar-refractivity contribution in [2.75, 3.05) is 6.61 Å². The van der Waals surface area contributed by atoms with Crippen LogP contribution in [0, 0.1) is 5.92 Å². The lowest BCUT2D eigenvalue weighted by Crippen LogP contribution is -2.33. The quantitative estimate of drug-likeness (QED) is 0.482. The van der Waals surface area contributed by atoms with Crippen LogP contribution in [0.2, 0.25) is 0 Å². The molecule has 3 aliphatic rings. The van der Waals surface area contributed by atoms with Gasteiger partial charge in [-0.3, -0.25) is 0 Å². The molecule has 52 valence electrons. The van der Waals surface area contributed by atoms with Gasteiger partial charge < -0.3 is 4.74 Å². The fourth-order valence-electron chi connectivity index (χ4n) is 1.83. The molecular weight excluding hydrogens is 112 g/mol. The van der Waals surface area contributed by atoms with Crippen molar-refractivity contribution in [1.82, 2.24) is 0 Å². The lowest BCUT2D eigenvalue weighted by atomic mass is 9.78. The molecule has 1 saturated carbocycles. The molecule has 1 nitrogen and oxygen atoms in total. The fourth-order valence-corrected chi connectivity index (χ4v) is 1.83. The summed E-state index contributed by atoms with van der Waals surface area (Å²) >= 11 is 0. The Hall–Kier alpha value is -0.0400. The van der Waals surface area contributed by atoms with Crippen LogP contribution >= 0.6 is 0 Å². The van der Waals surface area contributed by atoms with Gasteiger partial charge in [-0.05, 0) is 25.2 Å². The third kappa shape index (κ3) is 1.11. The summed E-state index contributed by atoms with van der Waals surface area (Å²) in [5.41, 5.74) is 0. The second-order valence-corrected chi connectivity index (χ2v) is 3.33. The Labute approximate surface area is 56.4 Å². The van der Waals surface area contributed by atoms with Gasteiger partial charge in [0.15, 0.2) is 0 Å². The summed E-state index contributed by atoms with van der Waals surface area (Å²) in [5.74, 6) is 1.04. The van der Waals surface area contributed by atoms with E-state index in [9.17, 15) is 0 Å². The Kier molecular flexibility index (Phi) is 1.46. The van der Waals surface area contributed by atoms with Gasteiger partial charge in [0.1, 0.15) is 0 Å². The van der Waals surface area contributed by atoms with Crippen LogP contribution in [0.3, 0.4) is 0 Å². The van der Waals surface area contributed by atoms with E-state index in [1.54, 1.807) is 0 Å². The summed E-state index contributed by atoms with van der Waals surface area (Å²) in [6.07, 6.45) is 7.56. The Morgan fingerprint density at radius 1 is 1.11 bits per heavy atom. The highest BCUT2D eigenvalue weighted by Gasteiger charge is 2.30. The topological polar surface area (TPSA) is 9.23 Å². The average Bonchev–Trinajstić information content (AvgIpc) is 1.54. The summed E-state index contributed by atoms with van der Waals surface area (Å²) in [4.78, 5) is 0. The molecule has 1 heteroatoms. The molecule has 0 amide bonds. The first-order valence-electron chi connectivity index (χ1n) is 4.07. The Morgan fingerprint density at radius 2 is 2.00 bits per heavy atom. The molecule has 2 aliphatic heterocycles. The van der Waals surface area contributed by atoms with Gasteiger partial charge in [-0.1, -0.05) is 12.8 Å². The van der Waals surface area contributed by atoms with Crippen molar-refractivity contribution in [1.29, 1.82) is 0 Å². The van der Waals surface area contributed by atoms with Gasteiger partial charge in [0, 0.05) is 6.61 Å². The Bertz CT molecular complexity index is 79.2. The number of fused-ring (bicyclic) bond motifs is 4. The molecular formula is C8H14O. The zero-order valence-electron chi connectivity index (χ0n) is 5.81. The van der Waals surface area contributed by atoms with Crippen LogP contribution in [0.1, 0.15) is 32.1 Å². The van der Waals surface area contributed by atoms with E-state index in [2.05, 4.69) is 0 Å².